The van der Waals surface area contributed by atoms with Gasteiger partial charge in [-0.15, -0.1) is 0 Å². The van der Waals surface area contributed by atoms with Gasteiger partial charge in [-0.1, -0.05) is 0 Å². The molecular formula is C6H6FN3O. The van der Waals surface area contributed by atoms with Crippen LogP contribution >= 0.6 is 0 Å². The van der Waals surface area contributed by atoms with Crippen LogP contribution in [0.3, 0.4) is 0 Å². The third-order valence-corrected chi connectivity index (χ3v) is 1.09. The normalized spacial score (nSPS) is 9.55. The van der Waals surface area contributed by atoms with E-state index in [1.165, 1.54) is 6.20 Å². The SMILES string of the molecule is NC(=O)c1cnc(CF)cn1. The second-order valence-electron chi connectivity index (χ2n) is 1.89. The number of hydrogen-bond donors (Lipinski definition) is 1. The molecule has 0 bridgehead atoms. The van der Waals surface area contributed by atoms with Gasteiger partial charge in [-0.2, -0.15) is 0 Å². The first-order valence-electron chi connectivity index (χ1n) is 2.90. The minimum absolute atomic E-state index is 0.0437. The van der Waals surface area contributed by atoms with Crippen molar-refractivity contribution in [2.45, 2.75) is 6.67 Å². The summed E-state index contributed by atoms with van der Waals surface area (Å²) in [7, 11) is 0. The number of hydrogen-bond acceptors (Lipinski definition) is 3. The number of halogens is 1. The van der Waals surface area contributed by atoms with Gasteiger partial charge in [-0.25, -0.2) is 9.37 Å². The van der Waals surface area contributed by atoms with Crippen LogP contribution in [0.15, 0.2) is 12.4 Å². The van der Waals surface area contributed by atoms with Crippen LogP contribution in [0.4, 0.5) is 4.39 Å². The molecular weight excluding hydrogens is 149 g/mol. The van der Waals surface area contributed by atoms with E-state index in [4.69, 9.17) is 5.73 Å². The molecule has 11 heavy (non-hydrogen) atoms. The van der Waals surface area contributed by atoms with Gasteiger partial charge >= 0.3 is 0 Å². The molecule has 1 amide bonds. The summed E-state index contributed by atoms with van der Waals surface area (Å²) in [5.74, 6) is -0.664. The summed E-state index contributed by atoms with van der Waals surface area (Å²) in [5, 5.41) is 0. The zero-order chi connectivity index (χ0) is 8.27. The zero-order valence-corrected chi connectivity index (χ0v) is 5.62. The minimum atomic E-state index is -0.688. The van der Waals surface area contributed by atoms with Crippen LogP contribution in [0.2, 0.25) is 0 Å². The molecule has 0 unspecified atom stereocenters. The summed E-state index contributed by atoms with van der Waals surface area (Å²) in [6, 6.07) is 0. The molecule has 5 heteroatoms. The van der Waals surface area contributed by atoms with E-state index in [-0.39, 0.29) is 11.4 Å². The van der Waals surface area contributed by atoms with Crippen LogP contribution in [0.1, 0.15) is 16.2 Å². The van der Waals surface area contributed by atoms with E-state index in [1.54, 1.807) is 0 Å². The highest BCUT2D eigenvalue weighted by Crippen LogP contribution is 1.95. The maximum Gasteiger partial charge on any atom is 0.268 e. The lowest BCUT2D eigenvalue weighted by Crippen LogP contribution is -2.13. The van der Waals surface area contributed by atoms with Crippen LogP contribution < -0.4 is 5.73 Å². The minimum Gasteiger partial charge on any atom is -0.364 e. The average molecular weight is 155 g/mol. The van der Waals surface area contributed by atoms with Crippen LogP contribution in [0.5, 0.6) is 0 Å². The van der Waals surface area contributed by atoms with Crippen molar-refractivity contribution in [3.8, 4) is 0 Å². The van der Waals surface area contributed by atoms with E-state index in [2.05, 4.69) is 9.97 Å². The first-order valence-corrected chi connectivity index (χ1v) is 2.90. The van der Waals surface area contributed by atoms with Crippen molar-refractivity contribution < 1.29 is 9.18 Å². The largest absolute Gasteiger partial charge is 0.364 e. The molecule has 0 saturated carbocycles. The van der Waals surface area contributed by atoms with Crippen molar-refractivity contribution in [3.63, 3.8) is 0 Å². The summed E-state index contributed by atoms with van der Waals surface area (Å²) >= 11 is 0. The van der Waals surface area contributed by atoms with E-state index in [9.17, 15) is 9.18 Å². The van der Waals surface area contributed by atoms with Gasteiger partial charge in [0.25, 0.3) is 5.91 Å². The molecule has 0 aliphatic carbocycles. The van der Waals surface area contributed by atoms with E-state index in [1.807, 2.05) is 0 Å². The van der Waals surface area contributed by atoms with Crippen molar-refractivity contribution in [2.24, 2.45) is 5.73 Å². The first kappa shape index (κ1) is 7.59. The number of nitrogens with two attached hydrogens (primary N) is 1. The van der Waals surface area contributed by atoms with E-state index >= 15 is 0 Å². The summed E-state index contributed by atoms with van der Waals surface area (Å²) in [6.45, 7) is -0.688. The highest BCUT2D eigenvalue weighted by Gasteiger charge is 2.01. The van der Waals surface area contributed by atoms with Crippen LogP contribution in [0, 0.1) is 0 Å². The molecule has 1 rings (SSSR count). The van der Waals surface area contributed by atoms with Gasteiger partial charge < -0.3 is 5.73 Å². The first-order chi connectivity index (χ1) is 5.24. The standard InChI is InChI=1S/C6H6FN3O/c7-1-4-2-10-5(3-9-4)6(8)11/h2-3H,1H2,(H2,8,11). The van der Waals surface area contributed by atoms with Gasteiger partial charge in [-0.3, -0.25) is 9.78 Å². The molecule has 0 fully saturated rings. The molecule has 1 aromatic heterocycles. The summed E-state index contributed by atoms with van der Waals surface area (Å²) < 4.78 is 11.8. The average Bonchev–Trinajstić information content (AvgIpc) is 2.05. The summed E-state index contributed by atoms with van der Waals surface area (Å²) in [6.07, 6.45) is 2.33. The second-order valence-corrected chi connectivity index (χ2v) is 1.89. The summed E-state index contributed by atoms with van der Waals surface area (Å²) in [5.41, 5.74) is 5.10. The van der Waals surface area contributed by atoms with Crippen molar-refractivity contribution in [1.82, 2.24) is 9.97 Å². The Bertz CT molecular complexity index is 259. The number of alkyl halides is 1. The fourth-order valence-corrected chi connectivity index (χ4v) is 0.551. The van der Waals surface area contributed by atoms with E-state index < -0.39 is 12.6 Å². The molecule has 0 aromatic carbocycles. The number of rotatable bonds is 2. The van der Waals surface area contributed by atoms with Crippen molar-refractivity contribution in [1.29, 1.82) is 0 Å². The Balaban J connectivity index is 2.91. The number of amides is 1. The molecule has 0 radical (unpaired) electrons. The topological polar surface area (TPSA) is 68.9 Å². The Kier molecular flexibility index (Phi) is 2.10. The quantitative estimate of drug-likeness (QED) is 0.655. The predicted octanol–water partition coefficient (Wildman–Crippen LogP) is 0.0450. The van der Waals surface area contributed by atoms with Gasteiger partial charge in [0, 0.05) is 0 Å². The number of carbonyl (C=O) groups is 1. The molecule has 0 spiro atoms. The van der Waals surface area contributed by atoms with E-state index in [0.717, 1.165) is 6.20 Å². The van der Waals surface area contributed by atoms with Crippen LogP contribution in [0.25, 0.3) is 0 Å². The van der Waals surface area contributed by atoms with Crippen molar-refractivity contribution in [2.75, 3.05) is 0 Å². The predicted molar refractivity (Wildman–Crippen MR) is 35.4 cm³/mol. The molecule has 1 aromatic rings. The maximum atomic E-state index is 11.8. The Labute approximate surface area is 62.3 Å². The monoisotopic (exact) mass is 155 g/mol. The molecule has 58 valence electrons. The van der Waals surface area contributed by atoms with Crippen LogP contribution in [-0.2, 0) is 6.67 Å². The summed E-state index contributed by atoms with van der Waals surface area (Å²) in [4.78, 5) is 17.6. The molecule has 0 aliphatic rings. The Morgan fingerprint density at radius 2 is 2.27 bits per heavy atom. The van der Waals surface area contributed by atoms with Crippen LogP contribution in [-0.4, -0.2) is 15.9 Å². The third kappa shape index (κ3) is 1.70. The fourth-order valence-electron chi connectivity index (χ4n) is 0.551. The highest BCUT2D eigenvalue weighted by molar-refractivity contribution is 5.90. The number of nitrogens with zero attached hydrogens (tertiary/aromatic N) is 2. The lowest BCUT2D eigenvalue weighted by molar-refractivity contribution is 0.0995. The smallest absolute Gasteiger partial charge is 0.268 e. The second kappa shape index (κ2) is 3.05. The molecule has 4 nitrogen and oxygen atoms in total. The maximum absolute atomic E-state index is 11.8. The van der Waals surface area contributed by atoms with Crippen molar-refractivity contribution >= 4 is 5.91 Å². The Morgan fingerprint density at radius 1 is 1.55 bits per heavy atom. The third-order valence-electron chi connectivity index (χ3n) is 1.09. The Hall–Kier alpha value is -1.52. The highest BCUT2D eigenvalue weighted by atomic mass is 19.1. The van der Waals surface area contributed by atoms with Crippen molar-refractivity contribution in [3.05, 3.63) is 23.8 Å². The Morgan fingerprint density at radius 3 is 2.64 bits per heavy atom. The van der Waals surface area contributed by atoms with Gasteiger partial charge in [0.15, 0.2) is 0 Å². The molecule has 1 heterocycles. The lowest BCUT2D eigenvalue weighted by Gasteiger charge is -1.93. The molecule has 2 N–H and O–H groups in total. The molecule has 0 atom stereocenters. The van der Waals surface area contributed by atoms with Gasteiger partial charge in [0.05, 0.1) is 18.1 Å². The molecule has 0 saturated heterocycles. The fraction of sp³-hybridized carbons (Fsp3) is 0.167. The van der Waals surface area contributed by atoms with E-state index in [0.29, 0.717) is 0 Å². The lowest BCUT2D eigenvalue weighted by atomic mass is 10.4. The zero-order valence-electron chi connectivity index (χ0n) is 5.62. The van der Waals surface area contributed by atoms with Gasteiger partial charge in [0.2, 0.25) is 0 Å². The number of primary amides is 1. The molecule has 0 aliphatic heterocycles. The van der Waals surface area contributed by atoms with Gasteiger partial charge in [0.1, 0.15) is 12.4 Å². The van der Waals surface area contributed by atoms with Gasteiger partial charge in [-0.05, 0) is 0 Å². The number of aromatic nitrogens is 2. The number of carbonyl (C=O) groups excluding carboxylic acids is 1.